The summed E-state index contributed by atoms with van der Waals surface area (Å²) in [6, 6.07) is -4.23. The molecule has 0 saturated carbocycles. The van der Waals surface area contributed by atoms with Gasteiger partial charge in [-0.1, -0.05) is 0 Å². The molecule has 0 aromatic heterocycles. The Hall–Kier alpha value is -1.64. The zero-order valence-electron chi connectivity index (χ0n) is 19.7. The monoisotopic (exact) mass is 540 g/mol. The van der Waals surface area contributed by atoms with Crippen LogP contribution in [-0.4, -0.2) is 100 Å². The standard InChI is InChI=1S/C20H36N4O7S3/c1-32-9-6-12(21)17(27)22-13(4-5-16(25)26)18(28)23-14(7-10-33-2)19(29)24-15(20(30)31)8-11-34-3/h12-15H,4-11,21H2,1-3H3,(H,22,27)(H,23,28)(H,24,29)(H,25,26)(H,30,31). The van der Waals surface area contributed by atoms with Gasteiger partial charge in [-0.15, -0.1) is 0 Å². The molecular weight excluding hydrogens is 504 g/mol. The van der Waals surface area contributed by atoms with E-state index < -0.39 is 53.8 Å². The van der Waals surface area contributed by atoms with Crippen LogP contribution in [0.15, 0.2) is 0 Å². The number of carbonyl (C=O) groups is 5. The maximum Gasteiger partial charge on any atom is 0.326 e. The summed E-state index contributed by atoms with van der Waals surface area (Å²) in [5, 5.41) is 25.9. The highest BCUT2D eigenvalue weighted by molar-refractivity contribution is 7.98. The van der Waals surface area contributed by atoms with Gasteiger partial charge in [-0.3, -0.25) is 19.2 Å². The summed E-state index contributed by atoms with van der Waals surface area (Å²) in [5.74, 6) is -2.63. The van der Waals surface area contributed by atoms with E-state index in [1.54, 1.807) is 0 Å². The maximum absolute atomic E-state index is 12.9. The fourth-order valence-corrected chi connectivity index (χ4v) is 4.17. The van der Waals surface area contributed by atoms with Gasteiger partial charge in [0.1, 0.15) is 18.1 Å². The van der Waals surface area contributed by atoms with Crippen LogP contribution < -0.4 is 21.7 Å². The van der Waals surface area contributed by atoms with Crippen LogP contribution >= 0.6 is 35.3 Å². The summed E-state index contributed by atoms with van der Waals surface area (Å²) in [6.07, 6.45) is 5.76. The molecule has 0 bridgehead atoms. The van der Waals surface area contributed by atoms with Gasteiger partial charge in [-0.2, -0.15) is 35.3 Å². The lowest BCUT2D eigenvalue weighted by Crippen LogP contribution is -2.57. The first-order valence-electron chi connectivity index (χ1n) is 10.6. The first kappa shape index (κ1) is 32.4. The van der Waals surface area contributed by atoms with Crippen molar-refractivity contribution in [3.05, 3.63) is 0 Å². The fourth-order valence-electron chi connectivity index (χ4n) is 2.73. The second kappa shape index (κ2) is 18.7. The molecule has 196 valence electrons. The smallest absolute Gasteiger partial charge is 0.326 e. The molecule has 0 heterocycles. The van der Waals surface area contributed by atoms with Crippen molar-refractivity contribution in [2.45, 2.75) is 56.3 Å². The van der Waals surface area contributed by atoms with Crippen LogP contribution in [0.1, 0.15) is 32.1 Å². The number of rotatable bonds is 19. The minimum absolute atomic E-state index is 0.190. The average Bonchev–Trinajstić information content (AvgIpc) is 2.79. The number of hydrogen-bond donors (Lipinski definition) is 6. The second-order valence-electron chi connectivity index (χ2n) is 7.41. The van der Waals surface area contributed by atoms with Gasteiger partial charge >= 0.3 is 11.9 Å². The first-order valence-corrected chi connectivity index (χ1v) is 14.8. The second-order valence-corrected chi connectivity index (χ2v) is 10.4. The SMILES string of the molecule is CSCCC(N)C(=O)NC(CCC(=O)O)C(=O)NC(CCSC)C(=O)NC(CCSC)C(=O)O. The number of carboxylic acid groups (broad SMARTS) is 2. The van der Waals surface area contributed by atoms with Crippen molar-refractivity contribution < 1.29 is 34.2 Å². The molecule has 0 aliphatic carbocycles. The van der Waals surface area contributed by atoms with E-state index in [2.05, 4.69) is 16.0 Å². The van der Waals surface area contributed by atoms with Gasteiger partial charge in [0.25, 0.3) is 0 Å². The van der Waals surface area contributed by atoms with Crippen molar-refractivity contribution >= 4 is 64.9 Å². The quantitative estimate of drug-likeness (QED) is 0.129. The van der Waals surface area contributed by atoms with Gasteiger partial charge < -0.3 is 31.9 Å². The Morgan fingerprint density at radius 1 is 0.676 bits per heavy atom. The van der Waals surface area contributed by atoms with Crippen molar-refractivity contribution in [1.82, 2.24) is 16.0 Å². The van der Waals surface area contributed by atoms with Gasteiger partial charge in [0, 0.05) is 6.42 Å². The number of thioether (sulfide) groups is 3. The minimum Gasteiger partial charge on any atom is -0.481 e. The molecule has 4 unspecified atom stereocenters. The van der Waals surface area contributed by atoms with E-state index in [9.17, 15) is 29.1 Å². The van der Waals surface area contributed by atoms with Crippen molar-refractivity contribution in [2.75, 3.05) is 36.0 Å². The Bertz CT molecular complexity index is 685. The Morgan fingerprint density at radius 2 is 1.09 bits per heavy atom. The van der Waals surface area contributed by atoms with Crippen molar-refractivity contribution in [1.29, 1.82) is 0 Å². The predicted molar refractivity (Wildman–Crippen MR) is 137 cm³/mol. The Labute approximate surface area is 212 Å². The third-order valence-corrected chi connectivity index (χ3v) is 6.65. The molecule has 0 saturated heterocycles. The Balaban J connectivity index is 5.43. The molecule has 14 heteroatoms. The molecule has 0 aromatic carbocycles. The highest BCUT2D eigenvalue weighted by Gasteiger charge is 2.30. The minimum atomic E-state index is -1.21. The van der Waals surface area contributed by atoms with Crippen LogP contribution in [0.3, 0.4) is 0 Å². The number of nitrogens with one attached hydrogen (secondary N) is 3. The molecule has 34 heavy (non-hydrogen) atoms. The third kappa shape index (κ3) is 13.9. The summed E-state index contributed by atoms with van der Waals surface area (Å²) >= 11 is 4.40. The average molecular weight is 541 g/mol. The van der Waals surface area contributed by atoms with Crippen molar-refractivity contribution in [3.8, 4) is 0 Å². The van der Waals surface area contributed by atoms with Gasteiger partial charge in [0.05, 0.1) is 6.04 Å². The maximum atomic E-state index is 12.9. The topological polar surface area (TPSA) is 188 Å². The van der Waals surface area contributed by atoms with Crippen molar-refractivity contribution in [3.63, 3.8) is 0 Å². The lowest BCUT2D eigenvalue weighted by molar-refractivity contribution is -0.142. The first-order chi connectivity index (χ1) is 16.1. The van der Waals surface area contributed by atoms with Crippen LogP contribution in [-0.2, 0) is 24.0 Å². The number of aliphatic carboxylic acids is 2. The fraction of sp³-hybridized carbons (Fsp3) is 0.750. The van der Waals surface area contributed by atoms with E-state index in [4.69, 9.17) is 10.8 Å². The predicted octanol–water partition coefficient (Wildman–Crippen LogP) is -0.0232. The molecule has 3 amide bonds. The van der Waals surface area contributed by atoms with E-state index >= 15 is 0 Å². The van der Waals surface area contributed by atoms with Crippen LogP contribution in [0.5, 0.6) is 0 Å². The lowest BCUT2D eigenvalue weighted by atomic mass is 10.1. The Morgan fingerprint density at radius 3 is 1.56 bits per heavy atom. The van der Waals surface area contributed by atoms with Crippen LogP contribution in [0.2, 0.25) is 0 Å². The van der Waals surface area contributed by atoms with Gasteiger partial charge in [0.2, 0.25) is 17.7 Å². The lowest BCUT2D eigenvalue weighted by Gasteiger charge is -2.25. The zero-order valence-corrected chi connectivity index (χ0v) is 22.2. The molecule has 0 fully saturated rings. The summed E-state index contributed by atoms with van der Waals surface area (Å²) in [6.45, 7) is 0. The molecule has 0 rings (SSSR count). The summed E-state index contributed by atoms with van der Waals surface area (Å²) < 4.78 is 0. The molecule has 0 spiro atoms. The molecule has 0 aliphatic heterocycles. The van der Waals surface area contributed by atoms with Gasteiger partial charge in [-0.25, -0.2) is 4.79 Å². The number of hydrogen-bond acceptors (Lipinski definition) is 9. The van der Waals surface area contributed by atoms with Gasteiger partial charge in [0.15, 0.2) is 0 Å². The van der Waals surface area contributed by atoms with E-state index in [1.807, 2.05) is 18.8 Å². The van der Waals surface area contributed by atoms with E-state index in [0.717, 1.165) is 0 Å². The molecule has 0 aliphatic rings. The zero-order chi connectivity index (χ0) is 26.1. The van der Waals surface area contributed by atoms with E-state index in [1.165, 1.54) is 35.3 Å². The highest BCUT2D eigenvalue weighted by Crippen LogP contribution is 2.07. The summed E-state index contributed by atoms with van der Waals surface area (Å²) in [4.78, 5) is 60.6. The molecule has 11 nitrogen and oxygen atoms in total. The number of amides is 3. The molecule has 0 radical (unpaired) electrons. The largest absolute Gasteiger partial charge is 0.481 e. The number of nitrogens with two attached hydrogens (primary N) is 1. The number of carbonyl (C=O) groups excluding carboxylic acids is 3. The highest BCUT2D eigenvalue weighted by atomic mass is 32.2. The van der Waals surface area contributed by atoms with Gasteiger partial charge in [-0.05, 0) is 61.7 Å². The van der Waals surface area contributed by atoms with E-state index in [-0.39, 0.29) is 25.7 Å². The van der Waals surface area contributed by atoms with Crippen LogP contribution in [0.4, 0.5) is 0 Å². The van der Waals surface area contributed by atoms with Crippen molar-refractivity contribution in [2.24, 2.45) is 5.73 Å². The van der Waals surface area contributed by atoms with Crippen LogP contribution in [0, 0.1) is 0 Å². The number of carboxylic acids is 2. The summed E-state index contributed by atoms with van der Waals surface area (Å²) in [5.41, 5.74) is 5.85. The van der Waals surface area contributed by atoms with Crippen LogP contribution in [0.25, 0.3) is 0 Å². The Kier molecular flexibility index (Phi) is 17.8. The molecular formula is C20H36N4O7S3. The van der Waals surface area contributed by atoms with E-state index in [0.29, 0.717) is 23.7 Å². The normalized spacial score (nSPS) is 14.4. The molecule has 7 N–H and O–H groups in total. The molecule has 0 aromatic rings. The summed E-state index contributed by atoms with van der Waals surface area (Å²) in [7, 11) is 0. The molecule has 4 atom stereocenters. The third-order valence-electron chi connectivity index (χ3n) is 4.72.